The maximum absolute atomic E-state index is 12.5. The number of benzene rings is 1. The van der Waals surface area contributed by atoms with Gasteiger partial charge in [0.1, 0.15) is 5.00 Å². The number of nitrogens with one attached hydrogen (secondary N) is 2. The van der Waals surface area contributed by atoms with Gasteiger partial charge in [0.15, 0.2) is 0 Å². The van der Waals surface area contributed by atoms with Crippen molar-refractivity contribution in [3.05, 3.63) is 35.5 Å². The molecule has 2 heterocycles. The Labute approximate surface area is 147 Å². The molecule has 24 heavy (non-hydrogen) atoms. The molecule has 5 nitrogen and oxygen atoms in total. The maximum Gasteiger partial charge on any atom is 0.260 e. The Morgan fingerprint density at radius 1 is 1.12 bits per heavy atom. The number of hydrogen-bond acceptors (Lipinski definition) is 5. The second kappa shape index (κ2) is 7.66. The zero-order valence-electron chi connectivity index (χ0n) is 14.3. The molecule has 1 aromatic carbocycles. The summed E-state index contributed by atoms with van der Waals surface area (Å²) in [4.78, 5) is 14.9. The van der Waals surface area contributed by atoms with Crippen molar-refractivity contribution in [2.24, 2.45) is 0 Å². The highest BCUT2D eigenvalue weighted by atomic mass is 32.1. The Hall–Kier alpha value is -2.08. The van der Waals surface area contributed by atoms with Crippen LogP contribution in [-0.2, 0) is 0 Å². The molecule has 0 aliphatic carbocycles. The Kier molecular flexibility index (Phi) is 5.35. The van der Waals surface area contributed by atoms with E-state index >= 15 is 0 Å². The highest BCUT2D eigenvalue weighted by molar-refractivity contribution is 7.10. The smallest absolute Gasteiger partial charge is 0.260 e. The van der Waals surface area contributed by atoms with E-state index in [2.05, 4.69) is 32.0 Å². The third kappa shape index (κ3) is 3.70. The number of anilines is 3. The Morgan fingerprint density at radius 3 is 2.42 bits per heavy atom. The fourth-order valence-electron chi connectivity index (χ4n) is 3.09. The molecule has 0 atom stereocenters. The fraction of sp³-hybridized carbons (Fsp3) is 0.444. The van der Waals surface area contributed by atoms with Crippen molar-refractivity contribution in [3.63, 3.8) is 0 Å². The predicted molar refractivity (Wildman–Crippen MR) is 101 cm³/mol. The summed E-state index contributed by atoms with van der Waals surface area (Å²) < 4.78 is 4.25. The number of nitrogens with zero attached hydrogens (tertiary/aromatic N) is 2. The van der Waals surface area contributed by atoms with Gasteiger partial charge in [0.05, 0.1) is 11.3 Å². The first kappa shape index (κ1) is 16.8. The van der Waals surface area contributed by atoms with Crippen LogP contribution in [0.2, 0.25) is 0 Å². The second-order valence-electron chi connectivity index (χ2n) is 6.12. The SMILES string of the molecule is CNc1snc(C)c1C(=O)Nc1ccc(N2CCCCCC2)cc1. The van der Waals surface area contributed by atoms with Crippen LogP contribution in [0.3, 0.4) is 0 Å². The highest BCUT2D eigenvalue weighted by Crippen LogP contribution is 2.26. The van der Waals surface area contributed by atoms with E-state index < -0.39 is 0 Å². The van der Waals surface area contributed by atoms with Crippen molar-refractivity contribution in [3.8, 4) is 0 Å². The molecule has 0 bridgehead atoms. The molecule has 1 saturated heterocycles. The summed E-state index contributed by atoms with van der Waals surface area (Å²) in [6.07, 6.45) is 5.17. The average Bonchev–Trinajstić information content (AvgIpc) is 2.80. The monoisotopic (exact) mass is 344 g/mol. The number of amides is 1. The first-order valence-corrected chi connectivity index (χ1v) is 9.27. The summed E-state index contributed by atoms with van der Waals surface area (Å²) >= 11 is 1.31. The lowest BCUT2D eigenvalue weighted by molar-refractivity contribution is 0.102. The van der Waals surface area contributed by atoms with Crippen LogP contribution in [0.15, 0.2) is 24.3 Å². The summed E-state index contributed by atoms with van der Waals surface area (Å²) in [6.45, 7) is 4.10. The van der Waals surface area contributed by atoms with Gasteiger partial charge in [0.25, 0.3) is 5.91 Å². The van der Waals surface area contributed by atoms with E-state index in [1.54, 1.807) is 7.05 Å². The van der Waals surface area contributed by atoms with Gasteiger partial charge in [-0.3, -0.25) is 4.79 Å². The molecule has 6 heteroatoms. The van der Waals surface area contributed by atoms with Crippen molar-refractivity contribution in [2.45, 2.75) is 32.6 Å². The van der Waals surface area contributed by atoms with E-state index in [4.69, 9.17) is 0 Å². The first-order chi connectivity index (χ1) is 11.7. The van der Waals surface area contributed by atoms with Gasteiger partial charge in [-0.15, -0.1) is 0 Å². The summed E-state index contributed by atoms with van der Waals surface area (Å²) in [5.74, 6) is -0.117. The molecule has 1 amide bonds. The predicted octanol–water partition coefficient (Wildman–Crippen LogP) is 4.13. The minimum Gasteiger partial charge on any atom is -0.378 e. The van der Waals surface area contributed by atoms with Gasteiger partial charge in [-0.1, -0.05) is 12.8 Å². The minimum absolute atomic E-state index is 0.117. The van der Waals surface area contributed by atoms with Crippen LogP contribution in [0.4, 0.5) is 16.4 Å². The number of aryl methyl sites for hydroxylation is 1. The molecule has 3 rings (SSSR count). The molecular weight excluding hydrogens is 320 g/mol. The molecule has 0 saturated carbocycles. The molecule has 1 aliphatic heterocycles. The molecule has 2 N–H and O–H groups in total. The molecule has 0 radical (unpaired) electrons. The van der Waals surface area contributed by atoms with Crippen molar-refractivity contribution in [1.82, 2.24) is 4.37 Å². The second-order valence-corrected chi connectivity index (χ2v) is 6.90. The number of aromatic nitrogens is 1. The Balaban J connectivity index is 1.69. The topological polar surface area (TPSA) is 57.3 Å². The first-order valence-electron chi connectivity index (χ1n) is 8.49. The molecule has 2 aromatic rings. The van der Waals surface area contributed by atoms with Crippen molar-refractivity contribution < 1.29 is 4.79 Å². The molecule has 1 aliphatic rings. The van der Waals surface area contributed by atoms with Gasteiger partial charge >= 0.3 is 0 Å². The van der Waals surface area contributed by atoms with Gasteiger partial charge in [-0.2, -0.15) is 4.37 Å². The number of rotatable bonds is 4. The lowest BCUT2D eigenvalue weighted by atomic mass is 10.2. The third-order valence-electron chi connectivity index (χ3n) is 4.41. The van der Waals surface area contributed by atoms with Crippen LogP contribution >= 0.6 is 11.5 Å². The molecule has 128 valence electrons. The van der Waals surface area contributed by atoms with E-state index in [1.165, 1.54) is 42.9 Å². The van der Waals surface area contributed by atoms with E-state index in [0.29, 0.717) is 5.56 Å². The molecule has 0 unspecified atom stereocenters. The van der Waals surface area contributed by atoms with Gasteiger partial charge in [-0.25, -0.2) is 0 Å². The van der Waals surface area contributed by atoms with Gasteiger partial charge in [0.2, 0.25) is 0 Å². The highest BCUT2D eigenvalue weighted by Gasteiger charge is 2.18. The summed E-state index contributed by atoms with van der Waals surface area (Å²) in [6, 6.07) is 8.15. The quantitative estimate of drug-likeness (QED) is 0.876. The summed E-state index contributed by atoms with van der Waals surface area (Å²) in [7, 11) is 1.81. The van der Waals surface area contributed by atoms with Gasteiger partial charge in [-0.05, 0) is 55.6 Å². The molecule has 1 fully saturated rings. The lowest BCUT2D eigenvalue weighted by Gasteiger charge is -2.22. The fourth-order valence-corrected chi connectivity index (χ4v) is 3.83. The van der Waals surface area contributed by atoms with Crippen LogP contribution < -0.4 is 15.5 Å². The third-order valence-corrected chi connectivity index (χ3v) is 5.37. The average molecular weight is 344 g/mol. The maximum atomic E-state index is 12.5. The van der Waals surface area contributed by atoms with E-state index in [1.807, 2.05) is 19.1 Å². The molecular formula is C18H24N4OS. The number of hydrogen-bond donors (Lipinski definition) is 2. The van der Waals surface area contributed by atoms with Crippen molar-refractivity contribution in [1.29, 1.82) is 0 Å². The van der Waals surface area contributed by atoms with Crippen LogP contribution in [0.1, 0.15) is 41.7 Å². The zero-order valence-corrected chi connectivity index (χ0v) is 15.1. The van der Waals surface area contributed by atoms with Crippen LogP contribution in [0.5, 0.6) is 0 Å². The van der Waals surface area contributed by atoms with Gasteiger partial charge < -0.3 is 15.5 Å². The standard InChI is InChI=1S/C18H24N4OS/c1-13-16(18(19-2)24-21-13)17(23)20-14-7-9-15(10-8-14)22-11-5-3-4-6-12-22/h7-10,19H,3-6,11-12H2,1-2H3,(H,20,23). The van der Waals surface area contributed by atoms with Crippen LogP contribution in [0.25, 0.3) is 0 Å². The summed E-state index contributed by atoms with van der Waals surface area (Å²) in [5, 5.41) is 6.80. The van der Waals surface area contributed by atoms with Crippen molar-refractivity contribution in [2.75, 3.05) is 35.7 Å². The lowest BCUT2D eigenvalue weighted by Crippen LogP contribution is -2.23. The van der Waals surface area contributed by atoms with E-state index in [9.17, 15) is 4.79 Å². The Morgan fingerprint density at radius 2 is 1.79 bits per heavy atom. The van der Waals surface area contributed by atoms with E-state index in [0.717, 1.165) is 29.5 Å². The van der Waals surface area contributed by atoms with E-state index in [-0.39, 0.29) is 5.91 Å². The largest absolute Gasteiger partial charge is 0.378 e. The number of carbonyl (C=O) groups excluding carboxylic acids is 1. The Bertz CT molecular complexity index is 688. The molecule has 0 spiro atoms. The zero-order chi connectivity index (χ0) is 16.9. The van der Waals surface area contributed by atoms with Crippen molar-refractivity contribution >= 4 is 33.8 Å². The summed E-state index contributed by atoms with van der Waals surface area (Å²) in [5.41, 5.74) is 3.42. The molecule has 1 aromatic heterocycles. The van der Waals surface area contributed by atoms with Gasteiger partial charge in [0, 0.05) is 31.5 Å². The van der Waals surface area contributed by atoms with Crippen LogP contribution in [0, 0.1) is 6.92 Å². The normalized spacial score (nSPS) is 15.0. The van der Waals surface area contributed by atoms with Crippen LogP contribution in [-0.4, -0.2) is 30.4 Å². The number of carbonyl (C=O) groups is 1. The minimum atomic E-state index is -0.117.